The van der Waals surface area contributed by atoms with Crippen LogP contribution in [0, 0.1) is 29.6 Å². The molecule has 0 aromatic heterocycles. The third-order valence-corrected chi connectivity index (χ3v) is 30.5. The largest absolute Gasteiger partial charge is 0.418 e. The minimum Gasteiger partial charge on any atom is -0.347 e. The molecule has 16 rings (SSSR count). The fourth-order valence-electron chi connectivity index (χ4n) is 20.1. The number of hydrogen-bond acceptors (Lipinski definition) is 37. The number of urea groups is 6. The van der Waals surface area contributed by atoms with E-state index in [1.807, 2.05) is 33.1 Å². The van der Waals surface area contributed by atoms with Crippen molar-refractivity contribution in [1.82, 2.24) is 106 Å². The van der Waals surface area contributed by atoms with Crippen LogP contribution in [0.2, 0.25) is 0 Å². The van der Waals surface area contributed by atoms with Crippen LogP contribution in [0.3, 0.4) is 0 Å². The number of hydroxylamine groups is 10. The van der Waals surface area contributed by atoms with Gasteiger partial charge in [0, 0.05) is 115 Å². The maximum Gasteiger partial charge on any atom is 0.418 e. The van der Waals surface area contributed by atoms with Gasteiger partial charge in [-0.25, -0.2) is 37.5 Å². The number of rotatable bonds is 36. The highest BCUT2D eigenvalue weighted by Crippen LogP contribution is 2.44. The molecule has 19 amide bonds. The van der Waals surface area contributed by atoms with E-state index < -0.39 is 227 Å². The Balaban J connectivity index is 0.000000170. The Morgan fingerprint density at radius 1 is 0.396 bits per heavy atom. The molecule has 68 heteroatoms. The summed E-state index contributed by atoms with van der Waals surface area (Å²) in [5.41, 5.74) is 13.4. The molecule has 0 unspecified atom stereocenters. The molecule has 16 aliphatic rings. The summed E-state index contributed by atoms with van der Waals surface area (Å²) >= 11 is 0. The molecular formula is C81H127F2N23O38S5. The molecule has 0 radical (unpaired) electrons. The first kappa shape index (κ1) is 119. The lowest BCUT2D eigenvalue weighted by Gasteiger charge is -2.38. The first-order valence-corrected chi connectivity index (χ1v) is 54.8. The van der Waals surface area contributed by atoms with Gasteiger partial charge in [-0.15, -0.1) is 21.4 Å². The summed E-state index contributed by atoms with van der Waals surface area (Å²) in [6.07, 6.45) is 9.47. The van der Waals surface area contributed by atoms with Crippen molar-refractivity contribution in [2.75, 3.05) is 121 Å². The van der Waals surface area contributed by atoms with Gasteiger partial charge in [0.05, 0.1) is 75.0 Å². The van der Waals surface area contributed by atoms with E-state index in [9.17, 15) is 137 Å². The highest BCUT2D eigenvalue weighted by atomic mass is 32.3. The normalized spacial score (nSPS) is 28.6. The van der Waals surface area contributed by atoms with Gasteiger partial charge in [-0.3, -0.25) is 90.7 Å². The van der Waals surface area contributed by atoms with Crippen molar-refractivity contribution in [1.29, 1.82) is 0 Å². The SMILES string of the molecule is CCC1CC(C(=O)CNC(=O)[C@@H]2CC[C@@H]3CN2C(=O)N3OS(=O)(=O)O)C1.CN(C)C1CC(C(=O)CNC(=O)[C@@H]2CC[C@@H]3CN2C(=O)N3C)C1.CN(C)CCC(=O)CNC(=O)[C@@H]1CC[C@@H]2CN1C(=O)N2OS(=O)(=O)O.C[C@H](N)C(=O)N(C)NC(=O)[C@@H]1CC[C@@H]2CN1C(=O)N2OS(=O)(=O)O.NC1CC(C(=O)CNC(=O)[C@@H]2CC[C@@H]3CN2C(=O)N3OS(=O)(=O)O)C1.O=C(CNC(=O)[C@@H]1CC[C@@H]2CN1C(=O)N2OS(=O)(=O)O)C1CC(F)(F)C1. The second kappa shape index (κ2) is 48.5. The van der Waals surface area contributed by atoms with Crippen molar-refractivity contribution >= 4 is 158 Å². The zero-order valence-corrected chi connectivity index (χ0v) is 86.5. The van der Waals surface area contributed by atoms with Crippen LogP contribution in [0.15, 0.2) is 0 Å². The number of Topliss-reactive ketones (excluding diaryl/α,β-unsaturated/α-hetero) is 5. The molecule has 0 aromatic carbocycles. The summed E-state index contributed by atoms with van der Waals surface area (Å²) in [5, 5.41) is 16.4. The molecule has 12 bridgehead atoms. The number of halogens is 2. The molecule has 16 fully saturated rings. The zero-order chi connectivity index (χ0) is 110. The van der Waals surface area contributed by atoms with Gasteiger partial charge >= 0.3 is 88.2 Å². The Bertz CT molecular complexity index is 5700. The van der Waals surface area contributed by atoms with Gasteiger partial charge in [-0.2, -0.15) is 67.4 Å². The maximum absolute atomic E-state index is 12.8. The van der Waals surface area contributed by atoms with Crippen LogP contribution in [0.25, 0.3) is 0 Å². The standard InChI is InChI=1S/C16H26N4O3.C15H23N3O7S.C13H17F2N3O7S.C13H20N4O7S.C13H22N4O7S.C11H19N5O7S/c1-18(2)12-6-10(7-12)14(21)8-17-15(22)13-5-4-11-9-20(13)16(23)19(11)3;1-2-9-5-10(6-9)13(19)7-16-14(20)12-4-3-11-8-17(12)15(21)18(11)25-26(22,23)24;14-13(15)3-7(4-13)10(19)5-16-11(20)9-2-1-8-6-17(9)12(21)18(8)25-26(22,23)24;14-8-3-7(4-8)11(18)5-15-12(19)10-2-1-9-6-16(10)13(20)17(9)24-25(21,22)23;1-15(2)6-5-10(18)7-14-12(19)11-4-3-9-8-16(11)13(20)17(9)24-25(21,22)23;1-6(12)10(18)14(2)13-9(17)8-4-3-7-5-15(8)11(19)16(7)23-24(20,21)22/h10-13H,4-9H2,1-3H3,(H,17,22);9-12H,2-8H2,1H3,(H,16,20)(H,22,23,24);7-9H,1-6H2,(H,16,20)(H,22,23,24);7-10H,1-6,14H2,(H,15,19)(H,21,22,23);9,11H,3-8H2,1-2H3,(H,14,19)(H,21,22,23);6-8H,3-5,12H2,1-2H3,(H,13,17)(H,20,21,22)/t10?,11-,12?,13+;9?,10?,11-,12+;8-,9+;7?,8?,9-,10+;9-,11+;6-,7+,8-/m111110/s1. The van der Waals surface area contributed by atoms with Gasteiger partial charge in [0.1, 0.15) is 36.3 Å². The number of nitrogens with two attached hydrogens (primary N) is 2. The van der Waals surface area contributed by atoms with Crippen LogP contribution in [0.4, 0.5) is 37.5 Å². The molecule has 12 saturated heterocycles. The maximum atomic E-state index is 12.8. The smallest absolute Gasteiger partial charge is 0.347 e. The molecular weight excluding hydrogens is 2100 g/mol. The van der Waals surface area contributed by atoms with Crippen molar-refractivity contribution in [3.8, 4) is 0 Å². The zero-order valence-electron chi connectivity index (χ0n) is 82.5. The number of amides is 19. The molecule has 4 saturated carbocycles. The van der Waals surface area contributed by atoms with Crippen LogP contribution < -0.4 is 43.5 Å². The number of fused-ring (bicyclic) bond motifs is 12. The number of piperidine rings is 6. The van der Waals surface area contributed by atoms with Crippen LogP contribution in [-0.4, -0.2) is 463 Å². The summed E-state index contributed by atoms with van der Waals surface area (Å²) in [7, 11) is -13.4. The number of likely N-dealkylation sites (N-methyl/N-ethyl adjacent to an activating group) is 2. The van der Waals surface area contributed by atoms with E-state index in [4.69, 9.17) is 34.2 Å². The number of hydrogen-bond donors (Lipinski definition) is 13. The molecule has 0 spiro atoms. The molecule has 0 aromatic rings. The van der Waals surface area contributed by atoms with E-state index >= 15 is 0 Å². The quantitative estimate of drug-likeness (QED) is 0.0206. The van der Waals surface area contributed by atoms with Crippen LogP contribution in [0.1, 0.15) is 155 Å². The van der Waals surface area contributed by atoms with E-state index in [-0.39, 0.29) is 143 Å². The third kappa shape index (κ3) is 30.7. The lowest BCUT2D eigenvalue weighted by atomic mass is 9.71. The fraction of sp³-hybridized carbons (Fsp3) is 0.778. The predicted molar refractivity (Wildman–Crippen MR) is 496 cm³/mol. The minimum absolute atomic E-state index is 0.000758. The van der Waals surface area contributed by atoms with Crippen molar-refractivity contribution in [3.63, 3.8) is 0 Å². The van der Waals surface area contributed by atoms with Crippen LogP contribution in [0.5, 0.6) is 0 Å². The molecule has 15 N–H and O–H groups in total. The Hall–Kier alpha value is -10.7. The van der Waals surface area contributed by atoms with Gasteiger partial charge in [0.2, 0.25) is 35.5 Å². The highest BCUT2D eigenvalue weighted by Gasteiger charge is 2.57. The molecule has 12 aliphatic heterocycles. The molecule has 149 heavy (non-hydrogen) atoms. The molecule has 61 nitrogen and oxygen atoms in total. The number of alkyl halides is 2. The van der Waals surface area contributed by atoms with Gasteiger partial charge in [0.15, 0.2) is 28.9 Å². The van der Waals surface area contributed by atoms with E-state index in [2.05, 4.69) is 65.3 Å². The number of nitrogens with zero attached hydrogens (tertiary/aromatic N) is 15. The minimum atomic E-state index is -4.88. The van der Waals surface area contributed by atoms with Gasteiger partial charge in [-0.1, -0.05) is 13.3 Å². The van der Waals surface area contributed by atoms with Crippen molar-refractivity contribution < 1.29 is 181 Å². The molecule has 838 valence electrons. The third-order valence-electron chi connectivity index (χ3n) is 28.7. The summed E-state index contributed by atoms with van der Waals surface area (Å²) in [6.45, 7) is 4.55. The van der Waals surface area contributed by atoms with Crippen LogP contribution in [-0.2, 0) is 131 Å². The lowest BCUT2D eigenvalue weighted by Crippen LogP contribution is -2.56. The number of hydrazine groups is 1. The van der Waals surface area contributed by atoms with Crippen molar-refractivity contribution in [3.05, 3.63) is 0 Å². The topological polar surface area (TPSA) is 798 Å². The fourth-order valence-corrected chi connectivity index (χ4v) is 22.1. The number of ketones is 5. The summed E-state index contributed by atoms with van der Waals surface area (Å²) in [5.74, 6) is -7.02. The summed E-state index contributed by atoms with van der Waals surface area (Å²) < 4.78 is 199. The first-order valence-electron chi connectivity index (χ1n) is 48.0. The Kier molecular flexibility index (Phi) is 38.6. The van der Waals surface area contributed by atoms with Crippen molar-refractivity contribution in [2.24, 2.45) is 41.1 Å². The highest BCUT2D eigenvalue weighted by molar-refractivity contribution is 7.81. The Morgan fingerprint density at radius 2 is 0.658 bits per heavy atom. The van der Waals surface area contributed by atoms with Gasteiger partial charge in [-0.05, 0) is 157 Å². The molecule has 4 aliphatic carbocycles. The number of carbonyl (C=O) groups is 18. The number of carbonyl (C=O) groups excluding carboxylic acids is 18. The van der Waals surface area contributed by atoms with Crippen LogP contribution >= 0.6 is 0 Å². The second-order valence-electron chi connectivity index (χ2n) is 39.7. The average molecular weight is 2230 g/mol. The molecule has 13 atom stereocenters. The van der Waals surface area contributed by atoms with Gasteiger partial charge in [0.25, 0.3) is 11.8 Å². The summed E-state index contributed by atoms with van der Waals surface area (Å²) in [4.78, 5) is 231. The van der Waals surface area contributed by atoms with Crippen molar-refractivity contribution in [2.45, 2.75) is 252 Å². The molecule has 12 heterocycles. The Morgan fingerprint density at radius 3 is 0.926 bits per heavy atom. The lowest BCUT2D eigenvalue weighted by molar-refractivity contribution is -0.148. The number of nitrogens with one attached hydrogen (secondary N) is 6. The first-order chi connectivity index (χ1) is 69.3. The van der Waals surface area contributed by atoms with E-state index in [1.165, 1.54) is 28.7 Å². The van der Waals surface area contributed by atoms with E-state index in [0.29, 0.717) is 121 Å². The second-order valence-corrected chi connectivity index (χ2v) is 44.7. The Labute approximate surface area is 855 Å². The van der Waals surface area contributed by atoms with Gasteiger partial charge < -0.3 is 82.2 Å². The van der Waals surface area contributed by atoms with E-state index in [1.54, 1.807) is 16.8 Å². The monoisotopic (exact) mass is 2230 g/mol. The van der Waals surface area contributed by atoms with E-state index in [0.717, 1.165) is 53.3 Å². The predicted octanol–water partition coefficient (Wildman–Crippen LogP) is -5.39. The summed E-state index contributed by atoms with van der Waals surface area (Å²) in [6, 6.07) is -11.8. The average Bonchev–Trinajstić information content (AvgIpc) is 1.63.